The molecule has 0 spiro atoms. The van der Waals surface area contributed by atoms with Gasteiger partial charge in [0, 0.05) is 29.1 Å². The minimum Gasteiger partial charge on any atom is -0.488 e. The molecule has 1 aliphatic heterocycles. The number of anilines is 1. The summed E-state index contributed by atoms with van der Waals surface area (Å²) in [6.07, 6.45) is 4.61. The normalized spacial score (nSPS) is 13.3. The van der Waals surface area contributed by atoms with Gasteiger partial charge in [-0.25, -0.2) is 9.97 Å². The van der Waals surface area contributed by atoms with Crippen molar-refractivity contribution in [1.82, 2.24) is 15.0 Å². The van der Waals surface area contributed by atoms with Gasteiger partial charge in [0.05, 0.1) is 18.0 Å². The minimum atomic E-state index is -0.461. The number of H-pyrrole nitrogens is 1. The van der Waals surface area contributed by atoms with Crippen LogP contribution in [-0.2, 0) is 13.0 Å². The van der Waals surface area contributed by atoms with Gasteiger partial charge in [-0.05, 0) is 30.9 Å². The van der Waals surface area contributed by atoms with Gasteiger partial charge >= 0.3 is 0 Å². The van der Waals surface area contributed by atoms with E-state index in [2.05, 4.69) is 22.4 Å². The molecule has 0 bridgehead atoms. The van der Waals surface area contributed by atoms with Crippen LogP contribution in [0.2, 0.25) is 0 Å². The topological polar surface area (TPSA) is 106 Å². The second-order valence-corrected chi connectivity index (χ2v) is 7.61. The Morgan fingerprint density at radius 3 is 2.77 bits per heavy atom. The van der Waals surface area contributed by atoms with Crippen LogP contribution in [0.3, 0.4) is 0 Å². The smallest absolute Gasteiger partial charge is 0.249 e. The van der Waals surface area contributed by atoms with Gasteiger partial charge in [0.1, 0.15) is 0 Å². The van der Waals surface area contributed by atoms with Crippen LogP contribution in [-0.4, -0.2) is 27.5 Å². The lowest BCUT2D eigenvalue weighted by molar-refractivity contribution is 0.100. The molecule has 7 nitrogen and oxygen atoms in total. The van der Waals surface area contributed by atoms with Crippen LogP contribution in [0.4, 0.5) is 5.82 Å². The van der Waals surface area contributed by atoms with Crippen molar-refractivity contribution in [2.45, 2.75) is 25.8 Å². The predicted molar refractivity (Wildman–Crippen MR) is 120 cm³/mol. The van der Waals surface area contributed by atoms with E-state index in [4.69, 9.17) is 20.4 Å². The summed E-state index contributed by atoms with van der Waals surface area (Å²) in [4.78, 5) is 24.7. The number of rotatable bonds is 5. The number of hydrogen-bond acceptors (Lipinski definition) is 5. The molecule has 0 saturated carbocycles. The molecule has 7 heteroatoms. The first-order chi connectivity index (χ1) is 15.2. The molecule has 0 fully saturated rings. The number of nitrogens with one attached hydrogen (secondary N) is 2. The Morgan fingerprint density at radius 1 is 1.06 bits per heavy atom. The highest BCUT2D eigenvalue weighted by molar-refractivity contribution is 6.09. The maximum absolute atomic E-state index is 11.8. The molecule has 5 rings (SSSR count). The molecule has 0 aliphatic carbocycles. The monoisotopic (exact) mass is 413 g/mol. The standard InChI is InChI=1S/C24H23N5O2/c25-22(30)17-10-6-9-16-18(17)14-26-20(16)23-28-19-11-4-5-12-31-21(19)24(29-23)27-13-15-7-2-1-3-8-15/h1-3,6-10,14,26H,4-5,11-13H2,(H2,25,30)(H,27,28,29). The zero-order valence-electron chi connectivity index (χ0n) is 17.0. The minimum absolute atomic E-state index is 0.461. The summed E-state index contributed by atoms with van der Waals surface area (Å²) in [5.41, 5.74) is 8.82. The Hall–Kier alpha value is -3.87. The van der Waals surface area contributed by atoms with Crippen LogP contribution in [0.1, 0.15) is 34.5 Å². The Morgan fingerprint density at radius 2 is 1.94 bits per heavy atom. The number of carbonyl (C=O) groups is 1. The molecular formula is C24H23N5O2. The number of benzene rings is 2. The number of fused-ring (bicyclic) bond motifs is 2. The average molecular weight is 413 g/mol. The number of nitrogens with two attached hydrogens (primary N) is 1. The largest absolute Gasteiger partial charge is 0.488 e. The van der Waals surface area contributed by atoms with Crippen molar-refractivity contribution in [3.05, 3.63) is 71.5 Å². The van der Waals surface area contributed by atoms with Crippen molar-refractivity contribution in [2.24, 2.45) is 5.73 Å². The van der Waals surface area contributed by atoms with E-state index < -0.39 is 5.91 Å². The van der Waals surface area contributed by atoms with Crippen molar-refractivity contribution in [3.8, 4) is 17.3 Å². The van der Waals surface area contributed by atoms with E-state index in [1.807, 2.05) is 30.3 Å². The Balaban J connectivity index is 1.59. The highest BCUT2D eigenvalue weighted by Gasteiger charge is 2.21. The van der Waals surface area contributed by atoms with Gasteiger partial charge in [-0.15, -0.1) is 0 Å². The van der Waals surface area contributed by atoms with E-state index in [1.54, 1.807) is 12.3 Å². The van der Waals surface area contributed by atoms with Gasteiger partial charge in [-0.1, -0.05) is 42.5 Å². The van der Waals surface area contributed by atoms with Crippen molar-refractivity contribution in [2.75, 3.05) is 11.9 Å². The summed E-state index contributed by atoms with van der Waals surface area (Å²) in [6.45, 7) is 1.29. The quantitative estimate of drug-likeness (QED) is 0.458. The molecule has 2 aromatic heterocycles. The van der Waals surface area contributed by atoms with Gasteiger partial charge in [0.15, 0.2) is 17.4 Å². The third-order valence-corrected chi connectivity index (χ3v) is 5.52. The molecular weight excluding hydrogens is 390 g/mol. The number of amides is 1. The van der Waals surface area contributed by atoms with Crippen LogP contribution in [0, 0.1) is 0 Å². The lowest BCUT2D eigenvalue weighted by atomic mass is 10.1. The van der Waals surface area contributed by atoms with Crippen LogP contribution in [0.5, 0.6) is 5.75 Å². The van der Waals surface area contributed by atoms with Crippen molar-refractivity contribution >= 4 is 22.5 Å². The van der Waals surface area contributed by atoms with E-state index in [-0.39, 0.29) is 0 Å². The molecule has 0 saturated heterocycles. The summed E-state index contributed by atoms with van der Waals surface area (Å²) in [5, 5.41) is 5.06. The molecule has 0 atom stereocenters. The summed E-state index contributed by atoms with van der Waals surface area (Å²) in [7, 11) is 0. The van der Waals surface area contributed by atoms with Gasteiger partial charge in [-0.3, -0.25) is 4.79 Å². The molecule has 1 aliphatic rings. The highest BCUT2D eigenvalue weighted by atomic mass is 16.5. The van der Waals surface area contributed by atoms with Crippen LogP contribution in [0.25, 0.3) is 22.3 Å². The van der Waals surface area contributed by atoms with Gasteiger partial charge in [0.25, 0.3) is 0 Å². The number of carbonyl (C=O) groups excluding carboxylic acids is 1. The fourth-order valence-corrected chi connectivity index (χ4v) is 3.96. The molecule has 0 radical (unpaired) electrons. The maximum atomic E-state index is 11.8. The van der Waals surface area contributed by atoms with Crippen LogP contribution < -0.4 is 15.8 Å². The average Bonchev–Trinajstić information content (AvgIpc) is 3.08. The second-order valence-electron chi connectivity index (χ2n) is 7.61. The lowest BCUT2D eigenvalue weighted by Gasteiger charge is -2.15. The predicted octanol–water partition coefficient (Wildman–Crippen LogP) is 4.05. The fraction of sp³-hybridized carbons (Fsp3) is 0.208. The molecule has 0 unspecified atom stereocenters. The Labute approximate surface area is 179 Å². The molecule has 4 N–H and O–H groups in total. The first-order valence-electron chi connectivity index (χ1n) is 10.4. The van der Waals surface area contributed by atoms with E-state index in [0.717, 1.165) is 52.7 Å². The first kappa shape index (κ1) is 19.1. The summed E-state index contributed by atoms with van der Waals surface area (Å²) in [6, 6.07) is 15.6. The number of aromatic nitrogens is 3. The molecule has 1 amide bonds. The SMILES string of the molecule is NC(=O)c1cccc2c(-c3nc4c(c(NCc5ccccc5)n3)OCCCC4)[nH]cc12. The second kappa shape index (κ2) is 8.10. The van der Waals surface area contributed by atoms with Gasteiger partial charge in [-0.2, -0.15) is 0 Å². The van der Waals surface area contributed by atoms with Gasteiger partial charge in [0.2, 0.25) is 5.91 Å². The van der Waals surface area contributed by atoms with E-state index in [1.165, 1.54) is 0 Å². The third kappa shape index (κ3) is 3.70. The van der Waals surface area contributed by atoms with Crippen molar-refractivity contribution < 1.29 is 9.53 Å². The fourth-order valence-electron chi connectivity index (χ4n) is 3.96. The van der Waals surface area contributed by atoms with E-state index in [9.17, 15) is 4.79 Å². The highest BCUT2D eigenvalue weighted by Crippen LogP contribution is 2.35. The van der Waals surface area contributed by atoms with Crippen LogP contribution >= 0.6 is 0 Å². The number of aromatic amines is 1. The summed E-state index contributed by atoms with van der Waals surface area (Å²) < 4.78 is 6.02. The number of aryl methyl sites for hydroxylation is 1. The van der Waals surface area contributed by atoms with E-state index in [0.29, 0.717) is 30.4 Å². The maximum Gasteiger partial charge on any atom is 0.249 e. The zero-order chi connectivity index (χ0) is 21.2. The Bertz CT molecular complexity index is 1250. The molecule has 31 heavy (non-hydrogen) atoms. The molecule has 4 aromatic rings. The molecule has 3 heterocycles. The van der Waals surface area contributed by atoms with Gasteiger partial charge < -0.3 is 20.8 Å². The number of hydrogen-bond donors (Lipinski definition) is 3. The van der Waals surface area contributed by atoms with Crippen molar-refractivity contribution in [1.29, 1.82) is 0 Å². The Kier molecular flexibility index (Phi) is 5.00. The van der Waals surface area contributed by atoms with E-state index >= 15 is 0 Å². The lowest BCUT2D eigenvalue weighted by Crippen LogP contribution is -2.10. The first-order valence-corrected chi connectivity index (χ1v) is 10.4. The number of nitrogens with zero attached hydrogens (tertiary/aromatic N) is 2. The summed E-state index contributed by atoms with van der Waals surface area (Å²) in [5.74, 6) is 1.51. The van der Waals surface area contributed by atoms with Crippen LogP contribution in [0.15, 0.2) is 54.7 Å². The number of primary amides is 1. The third-order valence-electron chi connectivity index (χ3n) is 5.52. The summed E-state index contributed by atoms with van der Waals surface area (Å²) >= 11 is 0. The van der Waals surface area contributed by atoms with Crippen molar-refractivity contribution in [3.63, 3.8) is 0 Å². The number of ether oxygens (including phenoxy) is 1. The molecule has 156 valence electrons. The zero-order valence-corrected chi connectivity index (χ0v) is 17.0. The molecule has 2 aromatic carbocycles.